The third-order valence-electron chi connectivity index (χ3n) is 3.35. The predicted molar refractivity (Wildman–Crippen MR) is 64.9 cm³/mol. The van der Waals surface area contributed by atoms with E-state index < -0.39 is 24.1 Å². The van der Waals surface area contributed by atoms with E-state index in [0.29, 0.717) is 0 Å². The fraction of sp³-hybridized carbons (Fsp3) is 0.545. The Morgan fingerprint density at radius 3 is 2.29 bits per heavy atom. The summed E-state index contributed by atoms with van der Waals surface area (Å²) >= 11 is 5.71. The highest BCUT2D eigenvalue weighted by molar-refractivity contribution is 6.61. The molecule has 0 spiro atoms. The zero-order valence-corrected chi connectivity index (χ0v) is 11.0. The summed E-state index contributed by atoms with van der Waals surface area (Å²) in [7, 11) is -0.821. The van der Waals surface area contributed by atoms with Crippen molar-refractivity contribution in [1.82, 2.24) is 4.98 Å². The Labute approximate surface area is 105 Å². The summed E-state index contributed by atoms with van der Waals surface area (Å²) in [5.74, 6) is -0.590. The van der Waals surface area contributed by atoms with Gasteiger partial charge in [0, 0.05) is 6.20 Å². The molecule has 0 atom stereocenters. The first-order valence-electron chi connectivity index (χ1n) is 5.40. The van der Waals surface area contributed by atoms with Crippen molar-refractivity contribution in [3.63, 3.8) is 0 Å². The van der Waals surface area contributed by atoms with Gasteiger partial charge < -0.3 is 9.31 Å². The molecule has 92 valence electrons. The predicted octanol–water partition coefficient (Wildman–Crippen LogP) is 2.17. The van der Waals surface area contributed by atoms with Gasteiger partial charge in [0.2, 0.25) is 0 Å². The molecule has 1 aromatic rings. The van der Waals surface area contributed by atoms with Gasteiger partial charge in [-0.3, -0.25) is 4.98 Å². The molecule has 6 heteroatoms. The Kier molecular flexibility index (Phi) is 2.96. The first-order chi connectivity index (χ1) is 7.74. The van der Waals surface area contributed by atoms with E-state index in [0.717, 1.165) is 0 Å². The van der Waals surface area contributed by atoms with Gasteiger partial charge in [-0.25, -0.2) is 4.39 Å². The van der Waals surface area contributed by atoms with Gasteiger partial charge in [0.25, 0.3) is 0 Å². The van der Waals surface area contributed by atoms with Crippen LogP contribution in [0, 0.1) is 5.82 Å². The van der Waals surface area contributed by atoms with E-state index in [2.05, 4.69) is 4.98 Å². The number of hydrogen-bond donors (Lipinski definition) is 0. The zero-order valence-electron chi connectivity index (χ0n) is 10.3. The number of aromatic nitrogens is 1. The molecule has 1 saturated heterocycles. The van der Waals surface area contributed by atoms with Gasteiger partial charge in [-0.2, -0.15) is 0 Å². The summed E-state index contributed by atoms with van der Waals surface area (Å²) in [6.45, 7) is 7.59. The van der Waals surface area contributed by atoms with Gasteiger partial charge in [0.1, 0.15) is 5.59 Å². The topological polar surface area (TPSA) is 31.4 Å². The number of pyridine rings is 1. The molecule has 1 aliphatic rings. The lowest BCUT2D eigenvalue weighted by Gasteiger charge is -2.32. The maximum atomic E-state index is 13.8. The van der Waals surface area contributed by atoms with Crippen LogP contribution in [0.15, 0.2) is 12.3 Å². The lowest BCUT2D eigenvalue weighted by atomic mass is 9.84. The molecule has 0 aromatic carbocycles. The third kappa shape index (κ3) is 2.07. The van der Waals surface area contributed by atoms with Crippen molar-refractivity contribution in [2.45, 2.75) is 38.9 Å². The van der Waals surface area contributed by atoms with Crippen LogP contribution in [-0.4, -0.2) is 23.3 Å². The molecule has 1 aliphatic heterocycles. The Hall–Kier alpha value is -0.645. The van der Waals surface area contributed by atoms with Crippen LogP contribution in [0.5, 0.6) is 0 Å². The molecule has 0 N–H and O–H groups in total. The van der Waals surface area contributed by atoms with Crippen molar-refractivity contribution in [3.8, 4) is 0 Å². The van der Waals surface area contributed by atoms with Crippen LogP contribution >= 0.6 is 11.6 Å². The molecular formula is C11H14BClFNO2. The van der Waals surface area contributed by atoms with Gasteiger partial charge in [0.05, 0.1) is 16.2 Å². The van der Waals surface area contributed by atoms with Crippen molar-refractivity contribution in [2.75, 3.05) is 0 Å². The van der Waals surface area contributed by atoms with Crippen LogP contribution in [-0.2, 0) is 9.31 Å². The molecule has 1 aromatic heterocycles. The van der Waals surface area contributed by atoms with Crippen LogP contribution in [0.1, 0.15) is 27.7 Å². The van der Waals surface area contributed by atoms with E-state index in [1.54, 1.807) is 0 Å². The summed E-state index contributed by atoms with van der Waals surface area (Å²) in [5, 5.41) is 0.0183. The van der Waals surface area contributed by atoms with Gasteiger partial charge in [-0.1, -0.05) is 11.6 Å². The number of rotatable bonds is 1. The smallest absolute Gasteiger partial charge is 0.398 e. The van der Waals surface area contributed by atoms with Gasteiger partial charge in [0.15, 0.2) is 5.82 Å². The Balaban J connectivity index is 2.36. The summed E-state index contributed by atoms with van der Waals surface area (Å²) in [6.07, 6.45) is 1.44. The number of nitrogens with zero attached hydrogens (tertiary/aromatic N) is 1. The Morgan fingerprint density at radius 1 is 1.24 bits per heavy atom. The van der Waals surface area contributed by atoms with Crippen molar-refractivity contribution >= 4 is 24.3 Å². The highest BCUT2D eigenvalue weighted by Gasteiger charge is 2.53. The minimum atomic E-state index is -0.821. The van der Waals surface area contributed by atoms with E-state index in [9.17, 15) is 4.39 Å². The standard InChI is InChI=1S/C11H14BClFNO2/c1-10(2)11(3,4)17-12(16-10)9-8(14)7(13)5-6-15-9/h5-6H,1-4H3. The van der Waals surface area contributed by atoms with Crippen LogP contribution in [0.2, 0.25) is 5.02 Å². The minimum absolute atomic E-state index is 0.0183. The zero-order chi connectivity index (χ0) is 12.8. The molecule has 0 aliphatic carbocycles. The van der Waals surface area contributed by atoms with Gasteiger partial charge in [-0.05, 0) is 33.8 Å². The molecule has 2 heterocycles. The summed E-state index contributed by atoms with van der Waals surface area (Å²) in [4.78, 5) is 3.94. The van der Waals surface area contributed by atoms with E-state index in [-0.39, 0.29) is 10.6 Å². The molecular weight excluding hydrogens is 243 g/mol. The molecule has 0 unspecified atom stereocenters. The lowest BCUT2D eigenvalue weighted by Crippen LogP contribution is -2.41. The van der Waals surface area contributed by atoms with Gasteiger partial charge in [-0.15, -0.1) is 0 Å². The van der Waals surface area contributed by atoms with E-state index >= 15 is 0 Å². The first kappa shape index (κ1) is 12.8. The van der Waals surface area contributed by atoms with E-state index in [1.165, 1.54) is 12.3 Å². The average molecular weight is 258 g/mol. The Morgan fingerprint density at radius 2 is 1.76 bits per heavy atom. The largest absolute Gasteiger partial charge is 0.517 e. The van der Waals surface area contributed by atoms with Gasteiger partial charge >= 0.3 is 7.12 Å². The molecule has 0 amide bonds. The third-order valence-corrected chi connectivity index (χ3v) is 3.64. The summed E-state index contributed by atoms with van der Waals surface area (Å²) < 4.78 is 25.2. The second-order valence-corrected chi connectivity index (χ2v) is 5.49. The molecule has 1 fully saturated rings. The van der Waals surface area contributed by atoms with E-state index in [4.69, 9.17) is 20.9 Å². The maximum absolute atomic E-state index is 13.8. The van der Waals surface area contributed by atoms with Crippen molar-refractivity contribution in [3.05, 3.63) is 23.1 Å². The SMILES string of the molecule is CC1(C)OB(c2nccc(Cl)c2F)OC1(C)C. The fourth-order valence-electron chi connectivity index (χ4n) is 1.55. The van der Waals surface area contributed by atoms with Crippen molar-refractivity contribution in [1.29, 1.82) is 0 Å². The van der Waals surface area contributed by atoms with Crippen LogP contribution in [0.25, 0.3) is 0 Å². The quantitative estimate of drug-likeness (QED) is 0.723. The second-order valence-electron chi connectivity index (χ2n) is 5.08. The lowest BCUT2D eigenvalue weighted by molar-refractivity contribution is 0.00578. The van der Waals surface area contributed by atoms with Crippen LogP contribution in [0.4, 0.5) is 4.39 Å². The number of hydrogen-bond acceptors (Lipinski definition) is 3. The molecule has 2 rings (SSSR count). The molecule has 0 bridgehead atoms. The van der Waals surface area contributed by atoms with Crippen LogP contribution < -0.4 is 5.59 Å². The summed E-state index contributed by atoms with van der Waals surface area (Å²) in [5.41, 5.74) is -0.946. The minimum Gasteiger partial charge on any atom is -0.398 e. The molecule has 0 saturated carbocycles. The highest BCUT2D eigenvalue weighted by atomic mass is 35.5. The average Bonchev–Trinajstić information content (AvgIpc) is 2.40. The highest BCUT2D eigenvalue weighted by Crippen LogP contribution is 2.36. The van der Waals surface area contributed by atoms with Crippen molar-refractivity contribution in [2.24, 2.45) is 0 Å². The van der Waals surface area contributed by atoms with E-state index in [1.807, 2.05) is 27.7 Å². The summed E-state index contributed by atoms with van der Waals surface area (Å²) in [6, 6.07) is 1.39. The molecule has 3 nitrogen and oxygen atoms in total. The molecule has 17 heavy (non-hydrogen) atoms. The maximum Gasteiger partial charge on any atom is 0.517 e. The second kappa shape index (κ2) is 3.94. The Bertz CT molecular complexity index is 437. The van der Waals surface area contributed by atoms with Crippen LogP contribution in [0.3, 0.4) is 0 Å². The monoisotopic (exact) mass is 257 g/mol. The number of halogens is 2. The normalized spacial score (nSPS) is 21.9. The molecule has 0 radical (unpaired) electrons. The van der Waals surface area contributed by atoms with Crippen molar-refractivity contribution < 1.29 is 13.7 Å². The fourth-order valence-corrected chi connectivity index (χ4v) is 1.71. The first-order valence-corrected chi connectivity index (χ1v) is 5.78.